The van der Waals surface area contributed by atoms with Crippen LogP contribution in [0.3, 0.4) is 0 Å². The van der Waals surface area contributed by atoms with Crippen LogP contribution in [0.5, 0.6) is 0 Å². The number of carboxylic acids is 2. The van der Waals surface area contributed by atoms with Gasteiger partial charge in [-0.15, -0.1) is 0 Å². The van der Waals surface area contributed by atoms with E-state index in [0.29, 0.717) is 12.8 Å². The maximum atomic E-state index is 10.7. The highest BCUT2D eigenvalue weighted by molar-refractivity contribution is 5.97. The molecule has 0 saturated heterocycles. The van der Waals surface area contributed by atoms with Gasteiger partial charge >= 0.3 is 11.9 Å². The molecule has 5 heteroatoms. The van der Waals surface area contributed by atoms with Crippen molar-refractivity contribution in [1.82, 2.24) is 0 Å². The molecule has 0 aliphatic rings. The van der Waals surface area contributed by atoms with Crippen molar-refractivity contribution in [2.45, 2.75) is 31.8 Å². The van der Waals surface area contributed by atoms with Crippen LogP contribution >= 0.6 is 0 Å². The molecule has 5 nitrogen and oxygen atoms in total. The molecule has 1 unspecified atom stereocenters. The molecule has 0 aromatic heterocycles. The number of hydrogen-bond donors (Lipinski definition) is 3. The fourth-order valence-electron chi connectivity index (χ4n) is 0.996. The van der Waals surface area contributed by atoms with Crippen LogP contribution in [-0.2, 0) is 9.59 Å². The maximum absolute atomic E-state index is 10.7. The lowest BCUT2D eigenvalue weighted by atomic mass is 9.89. The van der Waals surface area contributed by atoms with Crippen LogP contribution in [0.25, 0.3) is 0 Å². The predicted molar refractivity (Wildman–Crippen MR) is 48.9 cm³/mol. The van der Waals surface area contributed by atoms with E-state index in [-0.39, 0.29) is 6.42 Å². The van der Waals surface area contributed by atoms with Gasteiger partial charge in [0.25, 0.3) is 0 Å². The van der Waals surface area contributed by atoms with E-state index in [2.05, 4.69) is 6.58 Å². The van der Waals surface area contributed by atoms with E-state index in [1.54, 1.807) is 0 Å². The van der Waals surface area contributed by atoms with Crippen molar-refractivity contribution in [2.24, 2.45) is 0 Å². The summed E-state index contributed by atoms with van der Waals surface area (Å²) in [5.74, 6) is -3.07. The number of unbranched alkanes of at least 4 members (excludes halogenated alkanes) is 1. The summed E-state index contributed by atoms with van der Waals surface area (Å²) < 4.78 is 0. The van der Waals surface area contributed by atoms with E-state index in [4.69, 9.17) is 10.2 Å². The monoisotopic (exact) mass is 202 g/mol. The first-order valence-electron chi connectivity index (χ1n) is 4.24. The molecule has 0 bridgehead atoms. The van der Waals surface area contributed by atoms with Gasteiger partial charge < -0.3 is 15.3 Å². The SMILES string of the molecule is C=C(C(=O)O)C(O)(CCCC)C(=O)O. The molecule has 0 rings (SSSR count). The summed E-state index contributed by atoms with van der Waals surface area (Å²) in [6, 6.07) is 0. The normalized spacial score (nSPS) is 14.4. The lowest BCUT2D eigenvalue weighted by Gasteiger charge is -2.22. The third-order valence-electron chi connectivity index (χ3n) is 2.00. The lowest BCUT2D eigenvalue weighted by Crippen LogP contribution is -2.42. The Balaban J connectivity index is 4.80. The first-order chi connectivity index (χ1) is 6.36. The molecule has 3 N–H and O–H groups in total. The molecule has 14 heavy (non-hydrogen) atoms. The summed E-state index contributed by atoms with van der Waals surface area (Å²) in [7, 11) is 0. The lowest BCUT2D eigenvalue weighted by molar-refractivity contribution is -0.158. The third kappa shape index (κ3) is 2.56. The van der Waals surface area contributed by atoms with Crippen molar-refractivity contribution in [3.8, 4) is 0 Å². The zero-order chi connectivity index (χ0) is 11.4. The number of carbonyl (C=O) groups is 2. The second kappa shape index (κ2) is 4.76. The van der Waals surface area contributed by atoms with Gasteiger partial charge in [-0.25, -0.2) is 9.59 Å². The second-order valence-corrected chi connectivity index (χ2v) is 3.05. The number of carboxylic acid groups (broad SMARTS) is 2. The number of aliphatic carboxylic acids is 2. The molecule has 0 aromatic carbocycles. The van der Waals surface area contributed by atoms with E-state index < -0.39 is 23.1 Å². The summed E-state index contributed by atoms with van der Waals surface area (Å²) in [4.78, 5) is 21.2. The van der Waals surface area contributed by atoms with Gasteiger partial charge in [0.2, 0.25) is 0 Å². The summed E-state index contributed by atoms with van der Waals surface area (Å²) in [6.45, 7) is 4.88. The molecule has 0 spiro atoms. The summed E-state index contributed by atoms with van der Waals surface area (Å²) >= 11 is 0. The van der Waals surface area contributed by atoms with Crippen molar-refractivity contribution in [3.63, 3.8) is 0 Å². The van der Waals surface area contributed by atoms with Crippen LogP contribution in [0.15, 0.2) is 12.2 Å². The zero-order valence-electron chi connectivity index (χ0n) is 7.99. The Kier molecular flexibility index (Phi) is 4.30. The number of hydrogen-bond acceptors (Lipinski definition) is 3. The fraction of sp³-hybridized carbons (Fsp3) is 0.556. The standard InChI is InChI=1S/C9H14O5/c1-3-4-5-9(14,8(12)13)6(2)7(10)11/h14H,2-5H2,1H3,(H,10,11)(H,12,13). The number of rotatable bonds is 6. The number of aliphatic hydroxyl groups is 1. The van der Waals surface area contributed by atoms with Gasteiger partial charge in [0.1, 0.15) is 0 Å². The molecular formula is C9H14O5. The van der Waals surface area contributed by atoms with Gasteiger partial charge in [-0.2, -0.15) is 0 Å². The van der Waals surface area contributed by atoms with Crippen LogP contribution in [0.2, 0.25) is 0 Å². The average molecular weight is 202 g/mol. The Morgan fingerprint density at radius 3 is 2.14 bits per heavy atom. The van der Waals surface area contributed by atoms with Gasteiger partial charge in [-0.05, 0) is 12.8 Å². The highest BCUT2D eigenvalue weighted by Gasteiger charge is 2.41. The van der Waals surface area contributed by atoms with Crippen molar-refractivity contribution in [3.05, 3.63) is 12.2 Å². The Bertz CT molecular complexity index is 258. The smallest absolute Gasteiger partial charge is 0.340 e. The Hall–Kier alpha value is -1.36. The van der Waals surface area contributed by atoms with Crippen molar-refractivity contribution in [2.75, 3.05) is 0 Å². The minimum atomic E-state index is -2.35. The van der Waals surface area contributed by atoms with Crippen LogP contribution in [0, 0.1) is 0 Å². The Labute approximate surface area is 81.7 Å². The van der Waals surface area contributed by atoms with Crippen molar-refractivity contribution in [1.29, 1.82) is 0 Å². The zero-order valence-corrected chi connectivity index (χ0v) is 7.99. The first kappa shape index (κ1) is 12.6. The maximum Gasteiger partial charge on any atom is 0.340 e. The molecule has 0 amide bonds. The van der Waals surface area contributed by atoms with Gasteiger partial charge in [-0.1, -0.05) is 19.9 Å². The molecule has 0 aliphatic carbocycles. The van der Waals surface area contributed by atoms with Crippen molar-refractivity contribution >= 4 is 11.9 Å². The highest BCUT2D eigenvalue weighted by Crippen LogP contribution is 2.23. The molecule has 0 saturated carbocycles. The Morgan fingerprint density at radius 2 is 1.86 bits per heavy atom. The molecular weight excluding hydrogens is 188 g/mol. The molecule has 0 aromatic rings. The molecule has 1 atom stereocenters. The minimum Gasteiger partial charge on any atom is -0.479 e. The van der Waals surface area contributed by atoms with Crippen LogP contribution < -0.4 is 0 Å². The minimum absolute atomic E-state index is 0.135. The predicted octanol–water partition coefficient (Wildman–Crippen LogP) is 0.633. The van der Waals surface area contributed by atoms with Gasteiger partial charge in [-0.3, -0.25) is 0 Å². The molecule has 80 valence electrons. The van der Waals surface area contributed by atoms with Crippen molar-refractivity contribution < 1.29 is 24.9 Å². The van der Waals surface area contributed by atoms with Gasteiger partial charge in [0.15, 0.2) is 5.60 Å². The first-order valence-corrected chi connectivity index (χ1v) is 4.24. The summed E-state index contributed by atoms with van der Waals surface area (Å²) in [6.07, 6.45) is 0.960. The summed E-state index contributed by atoms with van der Waals surface area (Å²) in [5.41, 5.74) is -3.04. The third-order valence-corrected chi connectivity index (χ3v) is 2.00. The topological polar surface area (TPSA) is 94.8 Å². The fourth-order valence-corrected chi connectivity index (χ4v) is 0.996. The molecule has 0 radical (unpaired) electrons. The van der Waals surface area contributed by atoms with Crippen LogP contribution in [0.4, 0.5) is 0 Å². The van der Waals surface area contributed by atoms with Crippen LogP contribution in [0.1, 0.15) is 26.2 Å². The quantitative estimate of drug-likeness (QED) is 0.549. The molecule has 0 aliphatic heterocycles. The van der Waals surface area contributed by atoms with Gasteiger partial charge in [0.05, 0.1) is 5.57 Å². The second-order valence-electron chi connectivity index (χ2n) is 3.05. The Morgan fingerprint density at radius 1 is 1.36 bits per heavy atom. The highest BCUT2D eigenvalue weighted by atomic mass is 16.4. The van der Waals surface area contributed by atoms with E-state index in [1.165, 1.54) is 0 Å². The van der Waals surface area contributed by atoms with E-state index in [1.807, 2.05) is 6.92 Å². The average Bonchev–Trinajstić information content (AvgIpc) is 2.12. The van der Waals surface area contributed by atoms with E-state index >= 15 is 0 Å². The molecule has 0 heterocycles. The largest absolute Gasteiger partial charge is 0.479 e. The van der Waals surface area contributed by atoms with E-state index in [9.17, 15) is 14.7 Å². The molecule has 0 fully saturated rings. The van der Waals surface area contributed by atoms with Gasteiger partial charge in [0, 0.05) is 0 Å². The van der Waals surface area contributed by atoms with Crippen LogP contribution in [-0.4, -0.2) is 32.9 Å². The summed E-state index contributed by atoms with van der Waals surface area (Å²) in [5, 5.41) is 26.8. The van der Waals surface area contributed by atoms with E-state index in [0.717, 1.165) is 0 Å².